The minimum Gasteiger partial charge on any atom is -0.348 e. The standard InChI is InChI=1S/C16H19ClN4OS/c1-9-7-21(10-2-3-10)8-12(9)19-16(22)11-6-18-20-15(11)13-4-5-14(17)23-13/h4-6,9-10,12H,2-3,7-8H2,1H3,(H,18,20)(H,19,22). The molecule has 2 N–H and O–H groups in total. The summed E-state index contributed by atoms with van der Waals surface area (Å²) >= 11 is 7.43. The first kappa shape index (κ1) is 15.2. The molecule has 2 fully saturated rings. The second-order valence-electron chi connectivity index (χ2n) is 6.50. The highest BCUT2D eigenvalue weighted by Gasteiger charge is 2.38. The van der Waals surface area contributed by atoms with Crippen molar-refractivity contribution in [2.75, 3.05) is 13.1 Å². The molecule has 1 saturated heterocycles. The SMILES string of the molecule is CC1CN(C2CC2)CC1NC(=O)c1cn[nH]c1-c1ccc(Cl)s1. The van der Waals surface area contributed by atoms with E-state index in [0.717, 1.165) is 29.7 Å². The van der Waals surface area contributed by atoms with Crippen molar-refractivity contribution in [2.45, 2.75) is 31.8 Å². The summed E-state index contributed by atoms with van der Waals surface area (Å²) in [5.41, 5.74) is 1.32. The number of amides is 1. The minimum absolute atomic E-state index is 0.0623. The van der Waals surface area contributed by atoms with Gasteiger partial charge in [-0.2, -0.15) is 5.10 Å². The number of hydrogen-bond donors (Lipinski definition) is 2. The second kappa shape index (κ2) is 5.92. The highest BCUT2D eigenvalue weighted by Crippen LogP contribution is 2.33. The molecule has 1 amide bonds. The summed E-state index contributed by atoms with van der Waals surface area (Å²) in [5, 5.41) is 10.2. The topological polar surface area (TPSA) is 61.0 Å². The van der Waals surface area contributed by atoms with Gasteiger partial charge < -0.3 is 5.32 Å². The van der Waals surface area contributed by atoms with Gasteiger partial charge in [-0.3, -0.25) is 14.8 Å². The summed E-state index contributed by atoms with van der Waals surface area (Å²) in [7, 11) is 0. The summed E-state index contributed by atoms with van der Waals surface area (Å²) in [5.74, 6) is 0.416. The molecule has 23 heavy (non-hydrogen) atoms. The van der Waals surface area contributed by atoms with Gasteiger partial charge >= 0.3 is 0 Å². The predicted octanol–water partition coefficient (Wildman–Crippen LogP) is 3.00. The molecule has 0 spiro atoms. The molecular weight excluding hydrogens is 332 g/mol. The van der Waals surface area contributed by atoms with Crippen LogP contribution in [0.15, 0.2) is 18.3 Å². The highest BCUT2D eigenvalue weighted by atomic mass is 35.5. The zero-order valence-electron chi connectivity index (χ0n) is 12.9. The third-order valence-corrected chi connectivity index (χ3v) is 5.97. The molecule has 2 aromatic heterocycles. The fourth-order valence-corrected chi connectivity index (χ4v) is 4.32. The van der Waals surface area contributed by atoms with Crippen LogP contribution in [0.1, 0.15) is 30.1 Å². The first-order valence-corrected chi connectivity index (χ1v) is 9.15. The van der Waals surface area contributed by atoms with Crippen LogP contribution in [0, 0.1) is 5.92 Å². The first-order chi connectivity index (χ1) is 11.1. The monoisotopic (exact) mass is 350 g/mol. The molecule has 2 atom stereocenters. The van der Waals surface area contributed by atoms with Crippen LogP contribution in [-0.4, -0.2) is 46.2 Å². The van der Waals surface area contributed by atoms with E-state index in [-0.39, 0.29) is 11.9 Å². The van der Waals surface area contributed by atoms with Gasteiger partial charge in [0.1, 0.15) is 0 Å². The van der Waals surface area contributed by atoms with Crippen LogP contribution in [0.25, 0.3) is 10.6 Å². The molecule has 0 radical (unpaired) electrons. The molecule has 3 heterocycles. The lowest BCUT2D eigenvalue weighted by Crippen LogP contribution is -2.40. The summed E-state index contributed by atoms with van der Waals surface area (Å²) in [6.45, 7) is 4.24. The number of aromatic amines is 1. The highest BCUT2D eigenvalue weighted by molar-refractivity contribution is 7.19. The molecule has 5 nitrogen and oxygen atoms in total. The molecule has 1 aliphatic heterocycles. The number of likely N-dealkylation sites (tertiary alicyclic amines) is 1. The third kappa shape index (κ3) is 3.03. The van der Waals surface area contributed by atoms with Crippen molar-refractivity contribution in [1.29, 1.82) is 0 Å². The predicted molar refractivity (Wildman–Crippen MR) is 91.9 cm³/mol. The number of carbonyl (C=O) groups is 1. The van der Waals surface area contributed by atoms with E-state index in [2.05, 4.69) is 27.3 Å². The molecule has 1 aliphatic carbocycles. The van der Waals surface area contributed by atoms with Gasteiger partial charge in [0.15, 0.2) is 0 Å². The van der Waals surface area contributed by atoms with Crippen molar-refractivity contribution in [3.63, 3.8) is 0 Å². The quantitative estimate of drug-likeness (QED) is 0.891. The molecule has 1 saturated carbocycles. The molecule has 4 rings (SSSR count). The van der Waals surface area contributed by atoms with Gasteiger partial charge in [0.05, 0.1) is 26.7 Å². The number of H-pyrrole nitrogens is 1. The van der Waals surface area contributed by atoms with Crippen molar-refractivity contribution >= 4 is 28.8 Å². The van der Waals surface area contributed by atoms with E-state index in [1.165, 1.54) is 24.2 Å². The number of aromatic nitrogens is 2. The van der Waals surface area contributed by atoms with Crippen LogP contribution >= 0.6 is 22.9 Å². The fraction of sp³-hybridized carbons (Fsp3) is 0.500. The number of thiophene rings is 1. The maximum atomic E-state index is 12.7. The van der Waals surface area contributed by atoms with Crippen LogP contribution in [0.4, 0.5) is 0 Å². The number of nitrogens with one attached hydrogen (secondary N) is 2. The van der Waals surface area contributed by atoms with Gasteiger partial charge in [-0.25, -0.2) is 0 Å². The maximum Gasteiger partial charge on any atom is 0.255 e. The Balaban J connectivity index is 1.48. The van der Waals surface area contributed by atoms with Crippen molar-refractivity contribution in [2.24, 2.45) is 5.92 Å². The Labute approximate surface area is 144 Å². The van der Waals surface area contributed by atoms with E-state index >= 15 is 0 Å². The fourth-order valence-electron chi connectivity index (χ4n) is 3.27. The maximum absolute atomic E-state index is 12.7. The molecule has 122 valence electrons. The number of carbonyl (C=O) groups excluding carboxylic acids is 1. The van der Waals surface area contributed by atoms with Crippen LogP contribution in [0.3, 0.4) is 0 Å². The van der Waals surface area contributed by atoms with Gasteiger partial charge in [-0.05, 0) is 30.9 Å². The van der Waals surface area contributed by atoms with Crippen molar-refractivity contribution in [3.8, 4) is 10.6 Å². The van der Waals surface area contributed by atoms with Crippen molar-refractivity contribution in [3.05, 3.63) is 28.2 Å². The van der Waals surface area contributed by atoms with Crippen molar-refractivity contribution in [1.82, 2.24) is 20.4 Å². The van der Waals surface area contributed by atoms with Gasteiger partial charge in [0, 0.05) is 25.2 Å². The number of nitrogens with zero attached hydrogens (tertiary/aromatic N) is 2. The minimum atomic E-state index is -0.0623. The first-order valence-electron chi connectivity index (χ1n) is 7.96. The molecule has 7 heteroatoms. The molecule has 2 unspecified atom stereocenters. The summed E-state index contributed by atoms with van der Waals surface area (Å²) in [4.78, 5) is 16.1. The zero-order chi connectivity index (χ0) is 16.0. The lowest BCUT2D eigenvalue weighted by atomic mass is 10.1. The number of rotatable bonds is 4. The zero-order valence-corrected chi connectivity index (χ0v) is 14.5. The summed E-state index contributed by atoms with van der Waals surface area (Å²) in [6, 6.07) is 4.69. The van der Waals surface area contributed by atoms with Gasteiger partial charge in [-0.15, -0.1) is 11.3 Å². The largest absolute Gasteiger partial charge is 0.348 e. The molecule has 0 bridgehead atoms. The van der Waals surface area contributed by atoms with E-state index in [9.17, 15) is 4.79 Å². The third-order valence-electron chi connectivity index (χ3n) is 4.72. The Kier molecular flexibility index (Phi) is 3.91. The normalized spacial score (nSPS) is 25.0. The average molecular weight is 351 g/mol. The van der Waals surface area contributed by atoms with Crippen LogP contribution in [-0.2, 0) is 0 Å². The molecular formula is C16H19ClN4OS. The number of hydrogen-bond acceptors (Lipinski definition) is 4. The van der Waals surface area contributed by atoms with E-state index < -0.39 is 0 Å². The van der Waals surface area contributed by atoms with E-state index in [1.54, 1.807) is 6.20 Å². The van der Waals surface area contributed by atoms with Gasteiger partial charge in [0.2, 0.25) is 0 Å². The molecule has 2 aromatic rings. The van der Waals surface area contributed by atoms with E-state index in [1.807, 2.05) is 12.1 Å². The van der Waals surface area contributed by atoms with Crippen molar-refractivity contribution < 1.29 is 4.79 Å². The van der Waals surface area contributed by atoms with Crippen LogP contribution < -0.4 is 5.32 Å². The van der Waals surface area contributed by atoms with Crippen LogP contribution in [0.2, 0.25) is 4.34 Å². The Morgan fingerprint density at radius 1 is 1.43 bits per heavy atom. The Bertz CT molecular complexity index is 723. The van der Waals surface area contributed by atoms with E-state index in [4.69, 9.17) is 11.6 Å². The summed E-state index contributed by atoms with van der Waals surface area (Å²) in [6.07, 6.45) is 4.20. The molecule has 2 aliphatic rings. The Morgan fingerprint density at radius 2 is 2.26 bits per heavy atom. The van der Waals surface area contributed by atoms with E-state index in [0.29, 0.717) is 15.8 Å². The second-order valence-corrected chi connectivity index (χ2v) is 8.22. The summed E-state index contributed by atoms with van der Waals surface area (Å²) < 4.78 is 0.699. The van der Waals surface area contributed by atoms with Gasteiger partial charge in [-0.1, -0.05) is 18.5 Å². The average Bonchev–Trinajstić information content (AvgIpc) is 2.92. The van der Waals surface area contributed by atoms with Crippen LogP contribution in [0.5, 0.6) is 0 Å². The van der Waals surface area contributed by atoms with Gasteiger partial charge in [0.25, 0.3) is 5.91 Å². The molecule has 0 aromatic carbocycles. The lowest BCUT2D eigenvalue weighted by molar-refractivity contribution is 0.0932. The lowest BCUT2D eigenvalue weighted by Gasteiger charge is -2.17. The number of halogens is 1. The Hall–Kier alpha value is -1.37. The Morgan fingerprint density at radius 3 is 2.96 bits per heavy atom. The smallest absolute Gasteiger partial charge is 0.255 e.